The first kappa shape index (κ1) is 17.4. The van der Waals surface area contributed by atoms with Crippen molar-refractivity contribution in [2.45, 2.75) is 56.1 Å². The van der Waals surface area contributed by atoms with Crippen molar-refractivity contribution < 1.29 is 14.0 Å². The number of benzene rings is 2. The minimum absolute atomic E-state index is 0.164. The van der Waals surface area contributed by atoms with Gasteiger partial charge in [-0.15, -0.1) is 0 Å². The Kier molecular flexibility index (Phi) is 4.34. The standard InChI is InChI=1S/C24H30NO2/c1-25(21-15-9-4-10-16-21)17-22-23(18-25)27-24(26-22,19-11-5-2-6-12-19)20-13-7-3-8-14-20/h2-3,5-8,11-14,21-23H,4,9-10,15-18H2,1H3/q+1/t22-,23+,25?. The van der Waals surface area contributed by atoms with E-state index in [0.717, 1.165) is 34.7 Å². The van der Waals surface area contributed by atoms with Gasteiger partial charge in [-0.3, -0.25) is 0 Å². The van der Waals surface area contributed by atoms with Crippen LogP contribution in [0.3, 0.4) is 0 Å². The number of nitrogens with zero attached hydrogens (tertiary/aromatic N) is 1. The van der Waals surface area contributed by atoms with Gasteiger partial charge in [0.05, 0.1) is 13.1 Å². The second-order valence-corrected chi connectivity index (χ2v) is 8.80. The van der Waals surface area contributed by atoms with Crippen molar-refractivity contribution in [3.05, 3.63) is 71.8 Å². The maximum Gasteiger partial charge on any atom is 0.223 e. The lowest BCUT2D eigenvalue weighted by molar-refractivity contribution is -0.927. The Hall–Kier alpha value is -1.68. The maximum atomic E-state index is 6.79. The Morgan fingerprint density at radius 2 is 1.22 bits per heavy atom. The molecule has 0 N–H and O–H groups in total. The van der Waals surface area contributed by atoms with Crippen molar-refractivity contribution >= 4 is 0 Å². The minimum Gasteiger partial charge on any atom is -0.330 e. The molecular weight excluding hydrogens is 334 g/mol. The Morgan fingerprint density at radius 3 is 1.70 bits per heavy atom. The van der Waals surface area contributed by atoms with Gasteiger partial charge < -0.3 is 14.0 Å². The van der Waals surface area contributed by atoms with E-state index in [9.17, 15) is 0 Å². The molecule has 3 aliphatic rings. The third-order valence-corrected chi connectivity index (χ3v) is 7.01. The van der Waals surface area contributed by atoms with Gasteiger partial charge in [-0.1, -0.05) is 67.1 Å². The number of likely N-dealkylation sites (tertiary alicyclic amines) is 1. The molecule has 3 heteroatoms. The average Bonchev–Trinajstić information content (AvgIpc) is 3.24. The van der Waals surface area contributed by atoms with Crippen LogP contribution < -0.4 is 0 Å². The van der Waals surface area contributed by atoms with Crippen LogP contribution in [0.15, 0.2) is 60.7 Å². The topological polar surface area (TPSA) is 18.5 Å². The fourth-order valence-corrected chi connectivity index (χ4v) is 5.57. The zero-order valence-electron chi connectivity index (χ0n) is 16.2. The maximum absolute atomic E-state index is 6.79. The van der Waals surface area contributed by atoms with E-state index >= 15 is 0 Å². The number of fused-ring (bicyclic) bond motifs is 1. The summed E-state index contributed by atoms with van der Waals surface area (Å²) in [6, 6.07) is 21.7. The second kappa shape index (κ2) is 6.73. The van der Waals surface area contributed by atoms with Crippen LogP contribution >= 0.6 is 0 Å². The molecule has 2 aliphatic heterocycles. The molecular formula is C24H30NO2+. The first-order chi connectivity index (χ1) is 13.2. The summed E-state index contributed by atoms with van der Waals surface area (Å²) in [5.41, 5.74) is 2.19. The lowest BCUT2D eigenvalue weighted by Crippen LogP contribution is -2.53. The number of likely N-dealkylation sites (N-methyl/N-ethyl adjacent to an activating group) is 1. The number of ether oxygens (including phenoxy) is 2. The Balaban J connectivity index is 1.45. The van der Waals surface area contributed by atoms with Crippen LogP contribution in [0, 0.1) is 0 Å². The van der Waals surface area contributed by atoms with Gasteiger partial charge in [0.2, 0.25) is 5.79 Å². The first-order valence-corrected chi connectivity index (χ1v) is 10.5. The molecule has 0 spiro atoms. The van der Waals surface area contributed by atoms with Crippen molar-refractivity contribution in [2.75, 3.05) is 20.1 Å². The summed E-state index contributed by atoms with van der Waals surface area (Å²) in [7, 11) is 2.42. The molecule has 3 atom stereocenters. The fourth-order valence-electron chi connectivity index (χ4n) is 5.57. The van der Waals surface area contributed by atoms with Gasteiger partial charge in [0, 0.05) is 11.1 Å². The van der Waals surface area contributed by atoms with E-state index in [1.54, 1.807) is 0 Å². The first-order valence-electron chi connectivity index (χ1n) is 10.5. The van der Waals surface area contributed by atoms with Gasteiger partial charge in [-0.2, -0.15) is 0 Å². The van der Waals surface area contributed by atoms with E-state index < -0.39 is 5.79 Å². The second-order valence-electron chi connectivity index (χ2n) is 8.80. The van der Waals surface area contributed by atoms with Crippen molar-refractivity contribution in [1.29, 1.82) is 0 Å². The molecule has 1 unspecified atom stereocenters. The molecule has 3 nitrogen and oxygen atoms in total. The summed E-state index contributed by atoms with van der Waals surface area (Å²) in [6.45, 7) is 2.13. The highest BCUT2D eigenvalue weighted by Gasteiger charge is 2.59. The molecule has 2 aromatic rings. The van der Waals surface area contributed by atoms with E-state index in [1.807, 2.05) is 0 Å². The lowest BCUT2D eigenvalue weighted by Gasteiger charge is -2.41. The molecule has 1 saturated carbocycles. The van der Waals surface area contributed by atoms with Gasteiger partial charge in [0.1, 0.15) is 25.3 Å². The Labute approximate surface area is 162 Å². The van der Waals surface area contributed by atoms with Crippen LogP contribution in [0.5, 0.6) is 0 Å². The van der Waals surface area contributed by atoms with Gasteiger partial charge in [0.25, 0.3) is 0 Å². The quantitative estimate of drug-likeness (QED) is 0.749. The molecule has 0 amide bonds. The minimum atomic E-state index is -0.768. The third-order valence-electron chi connectivity index (χ3n) is 7.01. The van der Waals surface area contributed by atoms with Gasteiger partial charge in [0.15, 0.2) is 0 Å². The van der Waals surface area contributed by atoms with Crippen molar-refractivity contribution in [1.82, 2.24) is 0 Å². The van der Waals surface area contributed by atoms with Crippen LogP contribution in [0.4, 0.5) is 0 Å². The van der Waals surface area contributed by atoms with Gasteiger partial charge in [-0.25, -0.2) is 0 Å². The number of rotatable bonds is 3. The highest BCUT2D eigenvalue weighted by Crippen LogP contribution is 2.47. The van der Waals surface area contributed by atoms with Crippen LogP contribution in [-0.4, -0.2) is 42.9 Å². The third kappa shape index (κ3) is 2.93. The predicted octanol–water partition coefficient (Wildman–Crippen LogP) is 4.46. The summed E-state index contributed by atoms with van der Waals surface area (Å²) < 4.78 is 14.7. The molecule has 5 rings (SSSR count). The number of hydrogen-bond donors (Lipinski definition) is 0. The molecule has 1 aliphatic carbocycles. The predicted molar refractivity (Wildman–Crippen MR) is 106 cm³/mol. The van der Waals surface area contributed by atoms with E-state index in [1.165, 1.54) is 32.1 Å². The highest BCUT2D eigenvalue weighted by molar-refractivity contribution is 5.35. The van der Waals surface area contributed by atoms with E-state index in [4.69, 9.17) is 9.47 Å². The van der Waals surface area contributed by atoms with Crippen LogP contribution in [0.1, 0.15) is 43.2 Å². The number of hydrogen-bond acceptors (Lipinski definition) is 2. The van der Waals surface area contributed by atoms with Gasteiger partial charge in [-0.05, 0) is 25.7 Å². The molecule has 0 radical (unpaired) electrons. The Morgan fingerprint density at radius 1 is 0.741 bits per heavy atom. The molecule has 142 valence electrons. The van der Waals surface area contributed by atoms with Crippen molar-refractivity contribution in [3.63, 3.8) is 0 Å². The molecule has 2 heterocycles. The Bertz CT molecular complexity index is 714. The normalized spacial score (nSPS) is 33.1. The van der Waals surface area contributed by atoms with Crippen LogP contribution in [0.25, 0.3) is 0 Å². The van der Waals surface area contributed by atoms with E-state index in [2.05, 4.69) is 67.7 Å². The largest absolute Gasteiger partial charge is 0.330 e. The van der Waals surface area contributed by atoms with Crippen LogP contribution in [-0.2, 0) is 15.3 Å². The van der Waals surface area contributed by atoms with Gasteiger partial charge >= 0.3 is 0 Å². The summed E-state index contributed by atoms with van der Waals surface area (Å²) in [5.74, 6) is -0.768. The zero-order chi connectivity index (χ0) is 18.3. The smallest absolute Gasteiger partial charge is 0.223 e. The molecule has 3 fully saturated rings. The molecule has 0 bridgehead atoms. The van der Waals surface area contributed by atoms with Crippen molar-refractivity contribution in [3.8, 4) is 0 Å². The van der Waals surface area contributed by atoms with E-state index in [-0.39, 0.29) is 12.2 Å². The van der Waals surface area contributed by atoms with Crippen LogP contribution in [0.2, 0.25) is 0 Å². The summed E-state index contributed by atoms with van der Waals surface area (Å²) in [5, 5.41) is 0. The fraction of sp³-hybridized carbons (Fsp3) is 0.500. The summed E-state index contributed by atoms with van der Waals surface area (Å²) in [4.78, 5) is 0. The lowest BCUT2D eigenvalue weighted by atomic mass is 9.93. The number of quaternary nitrogens is 1. The zero-order valence-corrected chi connectivity index (χ0v) is 16.2. The van der Waals surface area contributed by atoms with Crippen molar-refractivity contribution in [2.24, 2.45) is 0 Å². The summed E-state index contributed by atoms with van der Waals surface area (Å²) >= 11 is 0. The molecule has 27 heavy (non-hydrogen) atoms. The van der Waals surface area contributed by atoms with E-state index in [0.29, 0.717) is 0 Å². The summed E-state index contributed by atoms with van der Waals surface area (Å²) in [6.07, 6.45) is 7.22. The molecule has 0 aromatic heterocycles. The molecule has 2 aromatic carbocycles. The highest BCUT2D eigenvalue weighted by atomic mass is 16.8. The molecule has 2 saturated heterocycles. The average molecular weight is 365 g/mol. The monoisotopic (exact) mass is 364 g/mol. The SMILES string of the molecule is C[N+]1(C2CCCCC2)C[C@@H]2OC(c3ccccc3)(c3ccccc3)O[C@@H]2C1.